The SMILES string of the molecule is CCCCc1ccc(-c2ccc(C(=O)N[C@@H](CCN)C(=O)N[C@H](C(=O)N[C@@H](N)C(=O)N[C@@H](CCCCN)C(=O)N[C@@H](N)C(=O)C3CO3)[C@@H](C)O)cc2)cc1. The lowest BCUT2D eigenvalue weighted by Crippen LogP contribution is -2.63. The monoisotopic (exact) mass is 753 g/mol. The Balaban J connectivity index is 1.60. The summed E-state index contributed by atoms with van der Waals surface area (Å²) in [6.45, 7) is 3.93. The molecule has 1 fully saturated rings. The molecule has 1 aliphatic rings. The summed E-state index contributed by atoms with van der Waals surface area (Å²) < 4.78 is 4.90. The summed E-state index contributed by atoms with van der Waals surface area (Å²) in [5.41, 5.74) is 26.4. The summed E-state index contributed by atoms with van der Waals surface area (Å²) in [4.78, 5) is 77.7. The van der Waals surface area contributed by atoms with Crippen molar-refractivity contribution in [1.29, 1.82) is 0 Å². The number of nitrogens with two attached hydrogens (primary N) is 4. The van der Waals surface area contributed by atoms with Crippen LogP contribution in [-0.4, -0.2) is 103 Å². The molecule has 3 rings (SSSR count). The van der Waals surface area contributed by atoms with E-state index in [4.69, 9.17) is 27.7 Å². The first kappa shape index (κ1) is 43.6. The van der Waals surface area contributed by atoms with E-state index in [1.807, 2.05) is 12.1 Å². The van der Waals surface area contributed by atoms with Gasteiger partial charge in [0.1, 0.15) is 30.4 Å². The van der Waals surface area contributed by atoms with Crippen molar-refractivity contribution < 1.29 is 38.6 Å². The minimum atomic E-state index is -1.72. The lowest BCUT2D eigenvalue weighted by Gasteiger charge is -2.26. The molecule has 0 bridgehead atoms. The zero-order valence-electron chi connectivity index (χ0n) is 30.8. The normalized spacial score (nSPS) is 16.8. The first-order valence-electron chi connectivity index (χ1n) is 18.3. The van der Waals surface area contributed by atoms with Crippen molar-refractivity contribution in [2.45, 2.75) is 101 Å². The average molecular weight is 754 g/mol. The van der Waals surface area contributed by atoms with Crippen molar-refractivity contribution >= 4 is 35.3 Å². The van der Waals surface area contributed by atoms with Crippen molar-refractivity contribution in [1.82, 2.24) is 26.6 Å². The number of amides is 5. The van der Waals surface area contributed by atoms with Crippen molar-refractivity contribution in [2.75, 3.05) is 19.7 Å². The van der Waals surface area contributed by atoms with Crippen LogP contribution >= 0.6 is 0 Å². The van der Waals surface area contributed by atoms with E-state index < -0.39 is 78.0 Å². The van der Waals surface area contributed by atoms with Crippen molar-refractivity contribution in [3.63, 3.8) is 0 Å². The van der Waals surface area contributed by atoms with Gasteiger partial charge in [-0.3, -0.25) is 28.8 Å². The molecule has 0 saturated carbocycles. The number of ether oxygens (including phenoxy) is 1. The van der Waals surface area contributed by atoms with Crippen LogP contribution in [0.3, 0.4) is 0 Å². The highest BCUT2D eigenvalue weighted by Crippen LogP contribution is 2.21. The summed E-state index contributed by atoms with van der Waals surface area (Å²) in [7, 11) is 0. The van der Waals surface area contributed by atoms with Gasteiger partial charge in [0.2, 0.25) is 23.5 Å². The van der Waals surface area contributed by atoms with E-state index in [-0.39, 0.29) is 31.6 Å². The molecular formula is C37H55N9O8. The van der Waals surface area contributed by atoms with Crippen LogP contribution in [0.4, 0.5) is 0 Å². The lowest BCUT2D eigenvalue weighted by molar-refractivity contribution is -0.136. The van der Waals surface area contributed by atoms with Gasteiger partial charge in [-0.1, -0.05) is 49.7 Å². The molecule has 0 aromatic heterocycles. The Hall–Kier alpha value is -4.78. The number of aliphatic hydroxyl groups is 1. The number of carbonyl (C=O) groups is 6. The summed E-state index contributed by atoms with van der Waals surface area (Å²) in [5, 5.41) is 22.4. The molecule has 14 N–H and O–H groups in total. The summed E-state index contributed by atoms with van der Waals surface area (Å²) in [6, 6.07) is 11.1. The number of hydrogen-bond donors (Lipinski definition) is 10. The van der Waals surface area contributed by atoms with Gasteiger partial charge < -0.3 is 59.4 Å². The predicted octanol–water partition coefficient (Wildman–Crippen LogP) is -1.61. The molecule has 0 spiro atoms. The van der Waals surface area contributed by atoms with Gasteiger partial charge in [0.15, 0.2) is 6.17 Å². The van der Waals surface area contributed by atoms with Gasteiger partial charge in [0.05, 0.1) is 12.7 Å². The molecule has 1 saturated heterocycles. The Morgan fingerprint density at radius 3 is 1.85 bits per heavy atom. The second-order valence-corrected chi connectivity index (χ2v) is 13.3. The first-order valence-corrected chi connectivity index (χ1v) is 18.3. The molecule has 17 heteroatoms. The zero-order valence-corrected chi connectivity index (χ0v) is 30.8. The van der Waals surface area contributed by atoms with Crippen molar-refractivity contribution in [2.24, 2.45) is 22.9 Å². The van der Waals surface area contributed by atoms with Gasteiger partial charge in [0, 0.05) is 5.56 Å². The second-order valence-electron chi connectivity index (χ2n) is 13.3. The molecule has 2 aromatic carbocycles. The van der Waals surface area contributed by atoms with Crippen LogP contribution in [0.25, 0.3) is 11.1 Å². The maximum absolute atomic E-state index is 13.3. The molecule has 5 amide bonds. The van der Waals surface area contributed by atoms with Crippen LogP contribution in [0, 0.1) is 0 Å². The Morgan fingerprint density at radius 2 is 1.30 bits per heavy atom. The van der Waals surface area contributed by atoms with E-state index >= 15 is 0 Å². The molecule has 296 valence electrons. The molecule has 1 aliphatic heterocycles. The third-order valence-electron chi connectivity index (χ3n) is 8.81. The van der Waals surface area contributed by atoms with Crippen LogP contribution in [-0.2, 0) is 35.1 Å². The number of aryl methyl sites for hydroxylation is 1. The molecule has 1 unspecified atom stereocenters. The Bertz CT molecular complexity index is 1570. The maximum atomic E-state index is 13.3. The van der Waals surface area contributed by atoms with Crippen molar-refractivity contribution in [3.8, 4) is 11.1 Å². The fourth-order valence-electron chi connectivity index (χ4n) is 5.46. The number of epoxide rings is 1. The highest BCUT2D eigenvalue weighted by molar-refractivity contribution is 5.99. The van der Waals surface area contributed by atoms with Gasteiger partial charge in [-0.05, 0) is 87.4 Å². The van der Waals surface area contributed by atoms with E-state index in [1.165, 1.54) is 12.5 Å². The van der Waals surface area contributed by atoms with Gasteiger partial charge in [-0.25, -0.2) is 0 Å². The van der Waals surface area contributed by atoms with Gasteiger partial charge in [0.25, 0.3) is 11.8 Å². The van der Waals surface area contributed by atoms with Crippen LogP contribution in [0.5, 0.6) is 0 Å². The molecular weight excluding hydrogens is 698 g/mol. The fourth-order valence-corrected chi connectivity index (χ4v) is 5.46. The quantitative estimate of drug-likeness (QED) is 0.0349. The molecule has 2 aromatic rings. The topological polar surface area (TPSA) is 299 Å². The molecule has 17 nitrogen and oxygen atoms in total. The fraction of sp³-hybridized carbons (Fsp3) is 0.514. The Morgan fingerprint density at radius 1 is 0.722 bits per heavy atom. The Kier molecular flexibility index (Phi) is 17.6. The second kappa shape index (κ2) is 21.8. The average Bonchev–Trinajstić information content (AvgIpc) is 4.01. The third kappa shape index (κ3) is 13.6. The third-order valence-corrected chi connectivity index (χ3v) is 8.81. The minimum absolute atomic E-state index is 0.00660. The summed E-state index contributed by atoms with van der Waals surface area (Å²) >= 11 is 0. The number of carbonyl (C=O) groups excluding carboxylic acids is 6. The van der Waals surface area contributed by atoms with Gasteiger partial charge in [-0.15, -0.1) is 0 Å². The number of hydrogen-bond acceptors (Lipinski definition) is 12. The number of Topliss-reactive ketones (excluding diaryl/α,β-unsaturated/α-hetero) is 1. The molecule has 54 heavy (non-hydrogen) atoms. The van der Waals surface area contributed by atoms with Crippen LogP contribution in [0.1, 0.15) is 68.3 Å². The highest BCUT2D eigenvalue weighted by Gasteiger charge is 2.37. The highest BCUT2D eigenvalue weighted by atomic mass is 16.6. The van der Waals surface area contributed by atoms with Crippen LogP contribution in [0.15, 0.2) is 48.5 Å². The van der Waals surface area contributed by atoms with Gasteiger partial charge >= 0.3 is 0 Å². The van der Waals surface area contributed by atoms with E-state index in [1.54, 1.807) is 24.3 Å². The van der Waals surface area contributed by atoms with Crippen LogP contribution < -0.4 is 49.5 Å². The van der Waals surface area contributed by atoms with E-state index in [2.05, 4.69) is 45.6 Å². The van der Waals surface area contributed by atoms with E-state index in [0.717, 1.165) is 30.4 Å². The number of aliphatic hydroxyl groups excluding tert-OH is 1. The molecule has 0 radical (unpaired) electrons. The largest absolute Gasteiger partial charge is 0.391 e. The van der Waals surface area contributed by atoms with Gasteiger partial charge in [-0.2, -0.15) is 0 Å². The zero-order chi connectivity index (χ0) is 39.8. The minimum Gasteiger partial charge on any atom is -0.391 e. The number of nitrogens with one attached hydrogen (secondary N) is 5. The predicted molar refractivity (Wildman–Crippen MR) is 201 cm³/mol. The molecule has 1 heterocycles. The molecule has 0 aliphatic carbocycles. The van der Waals surface area contributed by atoms with E-state index in [0.29, 0.717) is 19.4 Å². The number of benzene rings is 2. The lowest BCUT2D eigenvalue weighted by atomic mass is 10.0. The Labute approximate surface area is 315 Å². The smallest absolute Gasteiger partial charge is 0.258 e. The maximum Gasteiger partial charge on any atom is 0.258 e. The summed E-state index contributed by atoms with van der Waals surface area (Å²) in [5.74, 6) is -4.64. The van der Waals surface area contributed by atoms with Crippen molar-refractivity contribution in [3.05, 3.63) is 59.7 Å². The number of rotatable bonds is 23. The van der Waals surface area contributed by atoms with Crippen LogP contribution in [0.2, 0.25) is 0 Å². The number of ketones is 1. The first-order chi connectivity index (χ1) is 25.8. The molecule has 7 atom stereocenters. The standard InChI is InChI=1S/C37H55N9O8/c1-3-4-7-22-9-11-23(12-10-22)24-13-15-25(16-14-24)33(49)42-27(17-19-39)34(50)44-29(21(2)47)36(52)46-32(41)37(53)43-26(8-5-6-18-38)35(51)45-31(40)30(48)28-20-54-28/h9-16,21,26-29,31-32,47H,3-8,17-20,38-41H2,1-2H3,(H,42,49)(H,43,53)(H,44,50)(H,45,51)(H,46,52)/t21-,26+,27+,28?,29+,31-,32-/m1/s1. The van der Waals surface area contributed by atoms with E-state index in [9.17, 15) is 33.9 Å². The number of unbranched alkanes of at least 4 members (excludes halogenated alkanes) is 2. The summed E-state index contributed by atoms with van der Waals surface area (Å²) in [6.07, 6.45) is -0.907.